The van der Waals surface area contributed by atoms with Crippen molar-refractivity contribution < 1.29 is 0 Å². The minimum absolute atomic E-state index is 0.630. The van der Waals surface area contributed by atoms with Crippen molar-refractivity contribution in [2.45, 2.75) is 25.8 Å². The first-order chi connectivity index (χ1) is 8.79. The molecule has 1 aliphatic rings. The predicted octanol–water partition coefficient (Wildman–Crippen LogP) is 3.63. The molecule has 1 nitrogen and oxygen atoms in total. The van der Waals surface area contributed by atoms with Crippen LogP contribution < -0.4 is 5.32 Å². The first-order valence-electron chi connectivity index (χ1n) is 6.93. The van der Waals surface area contributed by atoms with Gasteiger partial charge in [0.05, 0.1) is 0 Å². The summed E-state index contributed by atoms with van der Waals surface area (Å²) in [4.78, 5) is 0. The third-order valence-corrected chi connectivity index (χ3v) is 4.38. The van der Waals surface area contributed by atoms with E-state index < -0.39 is 0 Å². The van der Waals surface area contributed by atoms with Crippen LogP contribution in [0.5, 0.6) is 0 Å². The van der Waals surface area contributed by atoms with Gasteiger partial charge in [-0.3, -0.25) is 0 Å². The first-order valence-corrected chi connectivity index (χ1v) is 6.93. The molecule has 3 atom stereocenters. The molecule has 0 aliphatic heterocycles. The second-order valence-electron chi connectivity index (χ2n) is 5.61. The average Bonchev–Trinajstić information content (AvgIpc) is 3.13. The van der Waals surface area contributed by atoms with E-state index in [4.69, 9.17) is 0 Å². The highest BCUT2D eigenvalue weighted by Crippen LogP contribution is 2.41. The molecule has 0 amide bonds. The van der Waals surface area contributed by atoms with Crippen molar-refractivity contribution >= 4 is 10.8 Å². The Hall–Kier alpha value is -1.34. The molecule has 1 fully saturated rings. The third kappa shape index (κ3) is 2.15. The summed E-state index contributed by atoms with van der Waals surface area (Å²) in [5, 5.41) is 6.27. The number of rotatable bonds is 4. The molecule has 18 heavy (non-hydrogen) atoms. The van der Waals surface area contributed by atoms with Gasteiger partial charge in [0, 0.05) is 6.04 Å². The van der Waals surface area contributed by atoms with Gasteiger partial charge in [0.1, 0.15) is 0 Å². The van der Waals surface area contributed by atoms with E-state index in [9.17, 15) is 0 Å². The van der Waals surface area contributed by atoms with E-state index in [1.54, 1.807) is 0 Å². The SMILES string of the molecule is CNC(Cc1cccc2ccccc12)C1CC1C. The van der Waals surface area contributed by atoms with Crippen molar-refractivity contribution in [1.29, 1.82) is 0 Å². The number of fused-ring (bicyclic) bond motifs is 1. The van der Waals surface area contributed by atoms with Gasteiger partial charge >= 0.3 is 0 Å². The first kappa shape index (κ1) is 11.7. The molecule has 1 heteroatoms. The lowest BCUT2D eigenvalue weighted by Crippen LogP contribution is -2.30. The molecule has 0 spiro atoms. The van der Waals surface area contributed by atoms with Gasteiger partial charge < -0.3 is 5.32 Å². The number of likely N-dealkylation sites (N-methyl/N-ethyl adjacent to an activating group) is 1. The second-order valence-corrected chi connectivity index (χ2v) is 5.61. The maximum Gasteiger partial charge on any atom is 0.0136 e. The third-order valence-electron chi connectivity index (χ3n) is 4.38. The molecular weight excluding hydrogens is 218 g/mol. The van der Waals surface area contributed by atoms with Gasteiger partial charge in [0.25, 0.3) is 0 Å². The van der Waals surface area contributed by atoms with Crippen molar-refractivity contribution in [3.8, 4) is 0 Å². The molecule has 2 aromatic rings. The normalized spacial score (nSPS) is 24.1. The van der Waals surface area contributed by atoms with Gasteiger partial charge in [0.15, 0.2) is 0 Å². The summed E-state index contributed by atoms with van der Waals surface area (Å²) in [7, 11) is 2.10. The Labute approximate surface area is 109 Å². The lowest BCUT2D eigenvalue weighted by Gasteiger charge is -2.17. The highest BCUT2D eigenvalue weighted by molar-refractivity contribution is 5.85. The molecule has 0 radical (unpaired) electrons. The summed E-state index contributed by atoms with van der Waals surface area (Å²) in [5.74, 6) is 1.77. The van der Waals surface area contributed by atoms with Gasteiger partial charge in [-0.15, -0.1) is 0 Å². The van der Waals surface area contributed by atoms with Crippen molar-refractivity contribution in [2.75, 3.05) is 7.05 Å². The zero-order chi connectivity index (χ0) is 12.5. The maximum atomic E-state index is 3.51. The highest BCUT2D eigenvalue weighted by atomic mass is 14.9. The van der Waals surface area contributed by atoms with Crippen molar-refractivity contribution in [2.24, 2.45) is 11.8 Å². The summed E-state index contributed by atoms with van der Waals surface area (Å²) < 4.78 is 0. The molecule has 3 rings (SSSR count). The van der Waals surface area contributed by atoms with Crippen LogP contribution in [0.4, 0.5) is 0 Å². The van der Waals surface area contributed by atoms with Crippen molar-refractivity contribution in [3.05, 3.63) is 48.0 Å². The molecule has 1 aliphatic carbocycles. The van der Waals surface area contributed by atoms with Gasteiger partial charge in [0.2, 0.25) is 0 Å². The smallest absolute Gasteiger partial charge is 0.0136 e. The van der Waals surface area contributed by atoms with Crippen LogP contribution in [-0.4, -0.2) is 13.1 Å². The minimum atomic E-state index is 0.630. The zero-order valence-electron chi connectivity index (χ0n) is 11.2. The van der Waals surface area contributed by atoms with Crippen LogP contribution in [0, 0.1) is 11.8 Å². The summed E-state index contributed by atoms with van der Waals surface area (Å²) in [5.41, 5.74) is 1.48. The Morgan fingerprint density at radius 3 is 2.61 bits per heavy atom. The Morgan fingerprint density at radius 1 is 1.17 bits per heavy atom. The van der Waals surface area contributed by atoms with Gasteiger partial charge in [-0.2, -0.15) is 0 Å². The lowest BCUT2D eigenvalue weighted by molar-refractivity contribution is 0.480. The molecule has 0 bridgehead atoms. The quantitative estimate of drug-likeness (QED) is 0.859. The number of benzene rings is 2. The molecule has 0 heterocycles. The van der Waals surface area contributed by atoms with Crippen molar-refractivity contribution in [1.82, 2.24) is 5.32 Å². The minimum Gasteiger partial charge on any atom is -0.316 e. The monoisotopic (exact) mass is 239 g/mol. The lowest BCUT2D eigenvalue weighted by atomic mass is 9.96. The van der Waals surface area contributed by atoms with E-state index in [0.717, 1.165) is 18.3 Å². The summed E-state index contributed by atoms with van der Waals surface area (Å²) in [6, 6.07) is 16.0. The van der Waals surface area contributed by atoms with E-state index in [1.165, 1.54) is 22.8 Å². The highest BCUT2D eigenvalue weighted by Gasteiger charge is 2.38. The van der Waals surface area contributed by atoms with Gasteiger partial charge in [-0.25, -0.2) is 0 Å². The standard InChI is InChI=1S/C17H21N/c1-12-10-16(12)17(18-2)11-14-8-5-7-13-6-3-4-9-15(13)14/h3-9,12,16-18H,10-11H2,1-2H3. The number of hydrogen-bond acceptors (Lipinski definition) is 1. The summed E-state index contributed by atoms with van der Waals surface area (Å²) in [6.45, 7) is 2.36. The Bertz CT molecular complexity index is 541. The molecule has 1 saturated carbocycles. The maximum absolute atomic E-state index is 3.51. The molecule has 3 unspecified atom stereocenters. The van der Waals surface area contributed by atoms with Crippen LogP contribution in [-0.2, 0) is 6.42 Å². The number of nitrogens with one attached hydrogen (secondary N) is 1. The topological polar surface area (TPSA) is 12.0 Å². The zero-order valence-corrected chi connectivity index (χ0v) is 11.2. The fourth-order valence-electron chi connectivity index (χ4n) is 3.09. The fraction of sp³-hybridized carbons (Fsp3) is 0.412. The van der Waals surface area contributed by atoms with E-state index >= 15 is 0 Å². The van der Waals surface area contributed by atoms with Crippen LogP contribution in [0.3, 0.4) is 0 Å². The molecule has 1 N–H and O–H groups in total. The molecule has 0 aromatic heterocycles. The Balaban J connectivity index is 1.89. The number of hydrogen-bond donors (Lipinski definition) is 1. The van der Waals surface area contributed by atoms with Crippen LogP contribution in [0.25, 0.3) is 10.8 Å². The van der Waals surface area contributed by atoms with Crippen LogP contribution >= 0.6 is 0 Å². The Morgan fingerprint density at radius 2 is 1.89 bits per heavy atom. The van der Waals surface area contributed by atoms with E-state index in [-0.39, 0.29) is 0 Å². The Kier molecular flexibility index (Phi) is 3.09. The predicted molar refractivity (Wildman–Crippen MR) is 77.8 cm³/mol. The molecular formula is C17H21N. The molecule has 2 aromatic carbocycles. The van der Waals surface area contributed by atoms with E-state index in [2.05, 4.69) is 61.8 Å². The van der Waals surface area contributed by atoms with Gasteiger partial charge in [-0.1, -0.05) is 49.4 Å². The average molecular weight is 239 g/mol. The summed E-state index contributed by atoms with van der Waals surface area (Å²) in [6.07, 6.45) is 2.53. The largest absolute Gasteiger partial charge is 0.316 e. The van der Waals surface area contributed by atoms with Gasteiger partial charge in [-0.05, 0) is 48.1 Å². The van der Waals surface area contributed by atoms with Crippen LogP contribution in [0.1, 0.15) is 18.9 Å². The second kappa shape index (κ2) is 4.74. The summed E-state index contributed by atoms with van der Waals surface area (Å²) >= 11 is 0. The van der Waals surface area contributed by atoms with Crippen LogP contribution in [0.2, 0.25) is 0 Å². The fourth-order valence-corrected chi connectivity index (χ4v) is 3.09. The van der Waals surface area contributed by atoms with E-state index in [1.807, 2.05) is 0 Å². The van der Waals surface area contributed by atoms with Crippen LogP contribution in [0.15, 0.2) is 42.5 Å². The van der Waals surface area contributed by atoms with Crippen molar-refractivity contribution in [3.63, 3.8) is 0 Å². The molecule has 94 valence electrons. The van der Waals surface area contributed by atoms with E-state index in [0.29, 0.717) is 6.04 Å². The molecule has 0 saturated heterocycles.